The molecule has 62 valence electrons. The minimum Gasteiger partial charge on any atom is -0.264 e. The molecule has 0 spiro atoms. The second kappa shape index (κ2) is 3.33. The average Bonchev–Trinajstić information content (AvgIpc) is 1.86. The Hall–Kier alpha value is -1.11. The van der Waals surface area contributed by atoms with E-state index < -0.39 is 5.54 Å². The highest BCUT2D eigenvalue weighted by molar-refractivity contribution is 4.84. The standard InChI is InChI=1S/C7H12N2O2/c1-6(5-8)4-7(2,3)9(10)11/h6H,4H2,1-3H3. The largest absolute Gasteiger partial charge is 0.264 e. The second-order valence-corrected chi connectivity index (χ2v) is 3.30. The Morgan fingerprint density at radius 3 is 2.45 bits per heavy atom. The van der Waals surface area contributed by atoms with Gasteiger partial charge < -0.3 is 0 Å². The van der Waals surface area contributed by atoms with Gasteiger partial charge >= 0.3 is 0 Å². The molecule has 0 aromatic heterocycles. The van der Waals surface area contributed by atoms with Crippen molar-refractivity contribution in [3.8, 4) is 6.07 Å². The van der Waals surface area contributed by atoms with Crippen molar-refractivity contribution in [2.24, 2.45) is 5.92 Å². The van der Waals surface area contributed by atoms with Gasteiger partial charge in [0.25, 0.3) is 0 Å². The predicted molar refractivity (Wildman–Crippen MR) is 40.5 cm³/mol. The third-order valence-electron chi connectivity index (χ3n) is 1.52. The summed E-state index contributed by atoms with van der Waals surface area (Å²) >= 11 is 0. The topological polar surface area (TPSA) is 66.9 Å². The van der Waals surface area contributed by atoms with Crippen LogP contribution in [0.5, 0.6) is 0 Å². The molecule has 4 heteroatoms. The van der Waals surface area contributed by atoms with Crippen LogP contribution in [0.1, 0.15) is 27.2 Å². The summed E-state index contributed by atoms with van der Waals surface area (Å²) < 4.78 is 0. The van der Waals surface area contributed by atoms with Crippen molar-refractivity contribution in [3.63, 3.8) is 0 Å². The smallest absolute Gasteiger partial charge is 0.218 e. The van der Waals surface area contributed by atoms with Gasteiger partial charge in [0, 0.05) is 25.2 Å². The highest BCUT2D eigenvalue weighted by Gasteiger charge is 2.32. The fourth-order valence-corrected chi connectivity index (χ4v) is 0.869. The van der Waals surface area contributed by atoms with Gasteiger partial charge in [-0.2, -0.15) is 5.26 Å². The van der Waals surface area contributed by atoms with Gasteiger partial charge in [-0.25, -0.2) is 0 Å². The number of hydrogen-bond acceptors (Lipinski definition) is 3. The van der Waals surface area contributed by atoms with Crippen LogP contribution in [0.3, 0.4) is 0 Å². The van der Waals surface area contributed by atoms with Crippen molar-refractivity contribution >= 4 is 0 Å². The van der Waals surface area contributed by atoms with Crippen LogP contribution in [0.4, 0.5) is 0 Å². The summed E-state index contributed by atoms with van der Waals surface area (Å²) in [6.45, 7) is 4.74. The molecule has 0 saturated carbocycles. The molecule has 0 aliphatic carbocycles. The quantitative estimate of drug-likeness (QED) is 0.460. The molecule has 0 fully saturated rings. The molecule has 1 unspecified atom stereocenters. The summed E-state index contributed by atoms with van der Waals surface area (Å²) in [5.74, 6) is -0.254. The van der Waals surface area contributed by atoms with E-state index in [1.807, 2.05) is 6.07 Å². The molecule has 1 atom stereocenters. The van der Waals surface area contributed by atoms with E-state index in [0.29, 0.717) is 6.42 Å². The van der Waals surface area contributed by atoms with Gasteiger partial charge in [0.2, 0.25) is 5.54 Å². The molecule has 0 heterocycles. The van der Waals surface area contributed by atoms with Crippen molar-refractivity contribution in [2.75, 3.05) is 0 Å². The summed E-state index contributed by atoms with van der Waals surface area (Å²) in [7, 11) is 0. The Kier molecular flexibility index (Phi) is 2.99. The van der Waals surface area contributed by atoms with Crippen LogP contribution in [0, 0.1) is 27.4 Å². The Morgan fingerprint density at radius 1 is 1.73 bits per heavy atom. The minimum absolute atomic E-state index is 0.254. The van der Waals surface area contributed by atoms with Crippen LogP contribution in [0.15, 0.2) is 0 Å². The Balaban J connectivity index is 4.15. The van der Waals surface area contributed by atoms with Crippen LogP contribution >= 0.6 is 0 Å². The first-order chi connectivity index (χ1) is 4.90. The first-order valence-corrected chi connectivity index (χ1v) is 3.44. The first-order valence-electron chi connectivity index (χ1n) is 3.44. The maximum absolute atomic E-state index is 10.4. The summed E-state index contributed by atoms with van der Waals surface area (Å²) in [6, 6.07) is 1.97. The lowest BCUT2D eigenvalue weighted by molar-refractivity contribution is -0.562. The lowest BCUT2D eigenvalue weighted by Gasteiger charge is -2.15. The fourth-order valence-electron chi connectivity index (χ4n) is 0.869. The number of nitriles is 1. The predicted octanol–water partition coefficient (Wildman–Crippen LogP) is 1.59. The minimum atomic E-state index is -0.977. The third kappa shape index (κ3) is 2.99. The van der Waals surface area contributed by atoms with E-state index in [0.717, 1.165) is 0 Å². The number of hydrogen-bond donors (Lipinski definition) is 0. The Bertz CT molecular complexity index is 193. The number of nitrogens with zero attached hydrogens (tertiary/aromatic N) is 2. The molecule has 0 aliphatic rings. The summed E-state index contributed by atoms with van der Waals surface area (Å²) in [4.78, 5) is 10.0. The molecule has 0 amide bonds. The van der Waals surface area contributed by atoms with Gasteiger partial charge in [0.15, 0.2) is 0 Å². The first kappa shape index (κ1) is 9.89. The van der Waals surface area contributed by atoms with Gasteiger partial charge in [-0.3, -0.25) is 10.1 Å². The van der Waals surface area contributed by atoms with E-state index in [2.05, 4.69) is 0 Å². The molecule has 0 rings (SSSR count). The van der Waals surface area contributed by atoms with Gasteiger partial charge in [0.05, 0.1) is 12.0 Å². The molecule has 4 nitrogen and oxygen atoms in total. The molecule has 0 aromatic rings. The number of rotatable bonds is 3. The van der Waals surface area contributed by atoms with E-state index in [9.17, 15) is 10.1 Å². The van der Waals surface area contributed by atoms with Gasteiger partial charge in [-0.05, 0) is 6.92 Å². The zero-order valence-corrected chi connectivity index (χ0v) is 7.00. The van der Waals surface area contributed by atoms with Crippen molar-refractivity contribution in [1.82, 2.24) is 0 Å². The van der Waals surface area contributed by atoms with Crippen molar-refractivity contribution in [2.45, 2.75) is 32.7 Å². The summed E-state index contributed by atoms with van der Waals surface area (Å²) in [5, 5.41) is 18.8. The zero-order valence-electron chi connectivity index (χ0n) is 7.00. The van der Waals surface area contributed by atoms with Crippen LogP contribution in [-0.4, -0.2) is 10.5 Å². The lowest BCUT2D eigenvalue weighted by atomic mass is 9.93. The lowest BCUT2D eigenvalue weighted by Crippen LogP contribution is -2.32. The van der Waals surface area contributed by atoms with Crippen LogP contribution in [0.25, 0.3) is 0 Å². The van der Waals surface area contributed by atoms with E-state index in [-0.39, 0.29) is 10.8 Å². The molecule has 0 aliphatic heterocycles. The molecule has 11 heavy (non-hydrogen) atoms. The fraction of sp³-hybridized carbons (Fsp3) is 0.857. The molecule has 0 bridgehead atoms. The summed E-state index contributed by atoms with van der Waals surface area (Å²) in [5.41, 5.74) is -0.977. The molecule has 0 radical (unpaired) electrons. The van der Waals surface area contributed by atoms with Crippen LogP contribution in [0.2, 0.25) is 0 Å². The molecule has 0 saturated heterocycles. The van der Waals surface area contributed by atoms with Gasteiger partial charge in [-0.15, -0.1) is 0 Å². The van der Waals surface area contributed by atoms with Gasteiger partial charge in [0.1, 0.15) is 0 Å². The monoisotopic (exact) mass is 156 g/mol. The molecular weight excluding hydrogens is 144 g/mol. The maximum Gasteiger partial charge on any atom is 0.218 e. The molecule has 0 aromatic carbocycles. The maximum atomic E-state index is 10.4. The molecule has 0 N–H and O–H groups in total. The Labute approximate surface area is 66.0 Å². The van der Waals surface area contributed by atoms with Gasteiger partial charge in [-0.1, -0.05) is 0 Å². The van der Waals surface area contributed by atoms with Crippen molar-refractivity contribution in [1.29, 1.82) is 5.26 Å². The molecular formula is C7H12N2O2. The number of nitro groups is 1. The summed E-state index contributed by atoms with van der Waals surface area (Å²) in [6.07, 6.45) is 0.302. The van der Waals surface area contributed by atoms with E-state index in [1.54, 1.807) is 6.92 Å². The van der Waals surface area contributed by atoms with E-state index >= 15 is 0 Å². The van der Waals surface area contributed by atoms with E-state index in [4.69, 9.17) is 5.26 Å². The van der Waals surface area contributed by atoms with E-state index in [1.165, 1.54) is 13.8 Å². The Morgan fingerprint density at radius 2 is 2.18 bits per heavy atom. The third-order valence-corrected chi connectivity index (χ3v) is 1.52. The van der Waals surface area contributed by atoms with Crippen LogP contribution < -0.4 is 0 Å². The second-order valence-electron chi connectivity index (χ2n) is 3.30. The zero-order chi connectivity index (χ0) is 9.07. The SMILES string of the molecule is CC(C#N)CC(C)(C)[N+](=O)[O-]. The average molecular weight is 156 g/mol. The van der Waals surface area contributed by atoms with Crippen molar-refractivity contribution in [3.05, 3.63) is 10.1 Å². The highest BCUT2D eigenvalue weighted by Crippen LogP contribution is 2.18. The van der Waals surface area contributed by atoms with Crippen molar-refractivity contribution < 1.29 is 4.92 Å². The normalized spacial score (nSPS) is 13.6. The van der Waals surface area contributed by atoms with Crippen LogP contribution in [-0.2, 0) is 0 Å². The highest BCUT2D eigenvalue weighted by atomic mass is 16.6.